The first-order valence-corrected chi connectivity index (χ1v) is 8.19. The van der Waals surface area contributed by atoms with E-state index in [2.05, 4.69) is 72.5 Å². The number of rotatable bonds is 4. The van der Waals surface area contributed by atoms with Gasteiger partial charge in [-0.15, -0.1) is 0 Å². The minimum Gasteiger partial charge on any atom is -0.492 e. The molecule has 0 spiro atoms. The van der Waals surface area contributed by atoms with Crippen LogP contribution in [-0.2, 0) is 0 Å². The fourth-order valence-electron chi connectivity index (χ4n) is 2.50. The minimum absolute atomic E-state index is 0.114. The summed E-state index contributed by atoms with van der Waals surface area (Å²) < 4.78 is 7.21. The Balaban J connectivity index is 1.88. The van der Waals surface area contributed by atoms with Crippen LogP contribution in [0.15, 0.2) is 24.3 Å². The molecule has 0 radical (unpaired) electrons. The molecular weight excluding hydrogens is 349 g/mol. The Morgan fingerprint density at radius 2 is 1.79 bits per heavy atom. The van der Waals surface area contributed by atoms with E-state index in [-0.39, 0.29) is 5.54 Å². The molecule has 1 heterocycles. The Hall–Kier alpha value is -0.290. The number of likely N-dealkylation sites (tertiary alicyclic amines) is 1. The molecule has 2 nitrogen and oxygen atoms in total. The smallest absolute Gasteiger partial charge is 0.119 e. The van der Waals surface area contributed by atoms with E-state index in [1.54, 1.807) is 0 Å². The Bertz CT molecular complexity index is 394. The SMILES string of the molecule is CC1CCN(C(C)(C)COc2ccc(I)cc2)CC1. The topological polar surface area (TPSA) is 12.5 Å². The molecule has 0 amide bonds. The van der Waals surface area contributed by atoms with E-state index in [0.717, 1.165) is 18.3 Å². The summed E-state index contributed by atoms with van der Waals surface area (Å²) in [5.41, 5.74) is 0.114. The number of piperidine rings is 1. The van der Waals surface area contributed by atoms with Crippen LogP contribution in [0.25, 0.3) is 0 Å². The lowest BCUT2D eigenvalue weighted by molar-refractivity contribution is 0.0402. The number of hydrogen-bond donors (Lipinski definition) is 0. The second-order valence-electron chi connectivity index (χ2n) is 6.22. The van der Waals surface area contributed by atoms with Crippen molar-refractivity contribution in [2.24, 2.45) is 5.92 Å². The fourth-order valence-corrected chi connectivity index (χ4v) is 2.86. The summed E-state index contributed by atoms with van der Waals surface area (Å²) in [6.45, 7) is 10.1. The van der Waals surface area contributed by atoms with Gasteiger partial charge >= 0.3 is 0 Å². The summed E-state index contributed by atoms with van der Waals surface area (Å²) in [5, 5.41) is 0. The second kappa shape index (κ2) is 6.44. The molecule has 1 aliphatic rings. The van der Waals surface area contributed by atoms with Gasteiger partial charge in [-0.1, -0.05) is 6.92 Å². The zero-order valence-electron chi connectivity index (χ0n) is 12.2. The number of ether oxygens (including phenoxy) is 1. The number of hydrogen-bond acceptors (Lipinski definition) is 2. The Kier molecular flexibility index (Phi) is 5.12. The van der Waals surface area contributed by atoms with Crippen molar-refractivity contribution >= 4 is 22.6 Å². The van der Waals surface area contributed by atoms with Crippen LogP contribution in [0.1, 0.15) is 33.6 Å². The van der Waals surface area contributed by atoms with Gasteiger partial charge in [0.15, 0.2) is 0 Å². The number of halogens is 1. The van der Waals surface area contributed by atoms with E-state index >= 15 is 0 Å². The van der Waals surface area contributed by atoms with Gasteiger partial charge in [0.05, 0.1) is 0 Å². The molecule has 1 fully saturated rings. The zero-order valence-corrected chi connectivity index (χ0v) is 14.3. The van der Waals surface area contributed by atoms with Gasteiger partial charge in [-0.3, -0.25) is 4.90 Å². The fraction of sp³-hybridized carbons (Fsp3) is 0.625. The molecule has 1 aromatic carbocycles. The van der Waals surface area contributed by atoms with Crippen LogP contribution >= 0.6 is 22.6 Å². The van der Waals surface area contributed by atoms with E-state index in [1.807, 2.05) is 0 Å². The maximum Gasteiger partial charge on any atom is 0.119 e. The molecule has 0 bridgehead atoms. The van der Waals surface area contributed by atoms with E-state index in [1.165, 1.54) is 29.5 Å². The van der Waals surface area contributed by atoms with Crippen molar-refractivity contribution in [2.45, 2.75) is 39.2 Å². The quantitative estimate of drug-likeness (QED) is 0.735. The van der Waals surface area contributed by atoms with Gasteiger partial charge in [-0.2, -0.15) is 0 Å². The molecule has 2 rings (SSSR count). The monoisotopic (exact) mass is 373 g/mol. The highest BCUT2D eigenvalue weighted by molar-refractivity contribution is 14.1. The molecule has 1 aromatic rings. The lowest BCUT2D eigenvalue weighted by Crippen LogP contribution is -2.51. The van der Waals surface area contributed by atoms with Crippen molar-refractivity contribution in [2.75, 3.05) is 19.7 Å². The van der Waals surface area contributed by atoms with Crippen molar-refractivity contribution in [3.63, 3.8) is 0 Å². The van der Waals surface area contributed by atoms with Crippen LogP contribution < -0.4 is 4.74 Å². The normalized spacial score (nSPS) is 18.5. The molecule has 106 valence electrons. The molecule has 0 unspecified atom stereocenters. The number of nitrogens with zero attached hydrogens (tertiary/aromatic N) is 1. The molecule has 0 atom stereocenters. The first-order valence-electron chi connectivity index (χ1n) is 7.11. The maximum absolute atomic E-state index is 5.96. The highest BCUT2D eigenvalue weighted by Gasteiger charge is 2.30. The van der Waals surface area contributed by atoms with Crippen LogP contribution in [0.5, 0.6) is 5.75 Å². The van der Waals surface area contributed by atoms with Crippen molar-refractivity contribution in [1.29, 1.82) is 0 Å². The van der Waals surface area contributed by atoms with E-state index < -0.39 is 0 Å². The standard InChI is InChI=1S/C16H24INO/c1-13-8-10-18(11-9-13)16(2,3)12-19-15-6-4-14(17)5-7-15/h4-7,13H,8-12H2,1-3H3. The van der Waals surface area contributed by atoms with Gasteiger partial charge in [-0.05, 0) is 92.6 Å². The molecular formula is C16H24INO. The summed E-state index contributed by atoms with van der Waals surface area (Å²) in [4.78, 5) is 2.57. The molecule has 0 N–H and O–H groups in total. The lowest BCUT2D eigenvalue weighted by atomic mass is 9.94. The van der Waals surface area contributed by atoms with Crippen molar-refractivity contribution in [1.82, 2.24) is 4.90 Å². The van der Waals surface area contributed by atoms with E-state index in [9.17, 15) is 0 Å². The highest BCUT2D eigenvalue weighted by atomic mass is 127. The van der Waals surface area contributed by atoms with Gasteiger partial charge in [0, 0.05) is 9.11 Å². The minimum atomic E-state index is 0.114. The van der Waals surface area contributed by atoms with Crippen LogP contribution in [0, 0.1) is 9.49 Å². The first-order chi connectivity index (χ1) is 8.97. The van der Waals surface area contributed by atoms with E-state index in [4.69, 9.17) is 4.74 Å². The Morgan fingerprint density at radius 1 is 1.21 bits per heavy atom. The third-order valence-electron chi connectivity index (χ3n) is 4.05. The highest BCUT2D eigenvalue weighted by Crippen LogP contribution is 2.25. The van der Waals surface area contributed by atoms with Gasteiger partial charge < -0.3 is 4.74 Å². The van der Waals surface area contributed by atoms with Gasteiger partial charge in [0.2, 0.25) is 0 Å². The van der Waals surface area contributed by atoms with Crippen molar-refractivity contribution in [3.05, 3.63) is 27.8 Å². The molecule has 1 aliphatic heterocycles. The van der Waals surface area contributed by atoms with Crippen LogP contribution in [0.4, 0.5) is 0 Å². The third kappa shape index (κ3) is 4.35. The largest absolute Gasteiger partial charge is 0.492 e. The predicted molar refractivity (Wildman–Crippen MR) is 88.7 cm³/mol. The average molecular weight is 373 g/mol. The first kappa shape index (κ1) is 15.1. The van der Waals surface area contributed by atoms with Gasteiger partial charge in [-0.25, -0.2) is 0 Å². The Labute approximate surface area is 130 Å². The molecule has 0 aromatic heterocycles. The number of benzene rings is 1. The molecule has 0 saturated carbocycles. The summed E-state index contributed by atoms with van der Waals surface area (Å²) in [7, 11) is 0. The average Bonchev–Trinajstić information content (AvgIpc) is 2.39. The summed E-state index contributed by atoms with van der Waals surface area (Å²) in [6, 6.07) is 8.28. The lowest BCUT2D eigenvalue weighted by Gasteiger charge is -2.42. The maximum atomic E-state index is 5.96. The summed E-state index contributed by atoms with van der Waals surface area (Å²) >= 11 is 2.31. The zero-order chi connectivity index (χ0) is 13.9. The third-order valence-corrected chi connectivity index (χ3v) is 4.76. The van der Waals surface area contributed by atoms with Crippen LogP contribution in [0.2, 0.25) is 0 Å². The van der Waals surface area contributed by atoms with Crippen molar-refractivity contribution < 1.29 is 4.74 Å². The van der Waals surface area contributed by atoms with Crippen LogP contribution in [-0.4, -0.2) is 30.1 Å². The molecule has 1 saturated heterocycles. The predicted octanol–water partition coefficient (Wildman–Crippen LogP) is 4.18. The van der Waals surface area contributed by atoms with Gasteiger partial charge in [0.25, 0.3) is 0 Å². The van der Waals surface area contributed by atoms with Crippen molar-refractivity contribution in [3.8, 4) is 5.75 Å². The second-order valence-corrected chi connectivity index (χ2v) is 7.47. The Morgan fingerprint density at radius 3 is 2.37 bits per heavy atom. The van der Waals surface area contributed by atoms with Crippen LogP contribution in [0.3, 0.4) is 0 Å². The molecule has 0 aliphatic carbocycles. The van der Waals surface area contributed by atoms with E-state index in [0.29, 0.717) is 0 Å². The molecule has 3 heteroatoms. The molecule has 19 heavy (non-hydrogen) atoms. The summed E-state index contributed by atoms with van der Waals surface area (Å²) in [5.74, 6) is 1.85. The van der Waals surface area contributed by atoms with Gasteiger partial charge in [0.1, 0.15) is 12.4 Å². The summed E-state index contributed by atoms with van der Waals surface area (Å²) in [6.07, 6.45) is 2.62.